The van der Waals surface area contributed by atoms with Gasteiger partial charge in [0.25, 0.3) is 0 Å². The molecule has 0 aliphatic carbocycles. The average Bonchev–Trinajstić information content (AvgIpc) is 2.47. The first-order valence-electron chi connectivity index (χ1n) is 4.30. The number of hydrogen-bond donors (Lipinski definition) is 0. The van der Waals surface area contributed by atoms with Gasteiger partial charge in [-0.1, -0.05) is 0 Å². The highest BCUT2D eigenvalue weighted by Crippen LogP contribution is 2.07. The third kappa shape index (κ3) is 3.47. The molecule has 1 aliphatic heterocycles. The van der Waals surface area contributed by atoms with Crippen LogP contribution in [0.1, 0.15) is 13.8 Å². The van der Waals surface area contributed by atoms with Crippen LogP contribution in [-0.4, -0.2) is 30.9 Å². The third-order valence-electron chi connectivity index (χ3n) is 1.41. The van der Waals surface area contributed by atoms with E-state index in [1.54, 1.807) is 13.8 Å². The maximum atomic E-state index is 11.0. The summed E-state index contributed by atoms with van der Waals surface area (Å²) in [6.07, 6.45) is 1.32. The topological polar surface area (TPSA) is 61.8 Å². The predicted octanol–water partition coefficient (Wildman–Crippen LogP) is 1.03. The van der Waals surface area contributed by atoms with Crippen LogP contribution in [0.15, 0.2) is 12.2 Å². The summed E-state index contributed by atoms with van der Waals surface area (Å²) in [6, 6.07) is 0. The number of cyclic esters (lactones) is 2. The Morgan fingerprint density at radius 3 is 2.86 bits per heavy atom. The molecule has 0 spiro atoms. The van der Waals surface area contributed by atoms with Gasteiger partial charge in [0.1, 0.15) is 6.61 Å². The minimum Gasteiger partial charge on any atom is -0.460 e. The summed E-state index contributed by atoms with van der Waals surface area (Å²) >= 11 is 0. The van der Waals surface area contributed by atoms with Crippen LogP contribution < -0.4 is 0 Å². The van der Waals surface area contributed by atoms with E-state index in [1.807, 2.05) is 0 Å². The molecule has 5 heteroatoms. The number of esters is 1. The van der Waals surface area contributed by atoms with Crippen molar-refractivity contribution in [1.82, 2.24) is 0 Å². The fraction of sp³-hybridized carbons (Fsp3) is 0.556. The summed E-state index contributed by atoms with van der Waals surface area (Å²) in [5.74, 6) is -0.456. The number of hydrogen-bond acceptors (Lipinski definition) is 5. The van der Waals surface area contributed by atoms with Gasteiger partial charge in [0.05, 0.1) is 6.10 Å². The Bertz CT molecular complexity index is 256. The maximum absolute atomic E-state index is 11.0. The van der Waals surface area contributed by atoms with E-state index in [9.17, 15) is 9.59 Å². The molecule has 0 N–H and O–H groups in total. The second-order valence-corrected chi connectivity index (χ2v) is 3.06. The molecule has 0 aromatic rings. The zero-order valence-electron chi connectivity index (χ0n) is 8.06. The molecule has 0 radical (unpaired) electrons. The van der Waals surface area contributed by atoms with Crippen molar-refractivity contribution in [2.24, 2.45) is 0 Å². The first kappa shape index (κ1) is 10.6. The van der Waals surface area contributed by atoms with E-state index in [1.165, 1.54) is 12.2 Å². The molecule has 1 heterocycles. The van der Waals surface area contributed by atoms with E-state index in [0.29, 0.717) is 0 Å². The molecular formula is C9H12O5. The van der Waals surface area contributed by atoms with Gasteiger partial charge in [-0.05, 0) is 19.9 Å². The van der Waals surface area contributed by atoms with Crippen molar-refractivity contribution in [2.75, 3.05) is 6.61 Å². The summed E-state index contributed by atoms with van der Waals surface area (Å²) in [5.41, 5.74) is 0. The summed E-state index contributed by atoms with van der Waals surface area (Å²) in [5, 5.41) is 0. The Morgan fingerprint density at radius 2 is 2.36 bits per heavy atom. The second kappa shape index (κ2) is 4.64. The molecule has 1 fully saturated rings. The lowest BCUT2D eigenvalue weighted by Crippen LogP contribution is -2.11. The molecular weight excluding hydrogens is 188 g/mol. The van der Waals surface area contributed by atoms with Gasteiger partial charge in [0.15, 0.2) is 6.10 Å². The quantitative estimate of drug-likeness (QED) is 0.503. The Hall–Kier alpha value is -1.52. The normalized spacial score (nSPS) is 21.1. The number of rotatable bonds is 3. The summed E-state index contributed by atoms with van der Waals surface area (Å²) in [4.78, 5) is 21.5. The number of carbonyl (C=O) groups excluding carboxylic acids is 2. The second-order valence-electron chi connectivity index (χ2n) is 3.06. The van der Waals surface area contributed by atoms with Crippen molar-refractivity contribution in [1.29, 1.82) is 0 Å². The molecule has 1 atom stereocenters. The van der Waals surface area contributed by atoms with Gasteiger partial charge in [-0.15, -0.1) is 0 Å². The van der Waals surface area contributed by atoms with Crippen LogP contribution in [0.2, 0.25) is 0 Å². The fourth-order valence-electron chi connectivity index (χ4n) is 0.894. The summed E-state index contributed by atoms with van der Waals surface area (Å²) < 4.78 is 14.0. The van der Waals surface area contributed by atoms with Crippen LogP contribution in [0.4, 0.5) is 4.79 Å². The molecule has 1 aliphatic rings. The lowest BCUT2D eigenvalue weighted by Gasteiger charge is -2.04. The highest BCUT2D eigenvalue weighted by molar-refractivity contribution is 5.82. The van der Waals surface area contributed by atoms with Crippen molar-refractivity contribution >= 4 is 12.1 Å². The predicted molar refractivity (Wildman–Crippen MR) is 46.6 cm³/mol. The van der Waals surface area contributed by atoms with Crippen LogP contribution in [0.3, 0.4) is 0 Å². The minimum absolute atomic E-state index is 0.143. The lowest BCUT2D eigenvalue weighted by molar-refractivity contribution is -0.141. The minimum atomic E-state index is -0.711. The molecule has 1 rings (SSSR count). The van der Waals surface area contributed by atoms with E-state index in [-0.39, 0.29) is 12.7 Å². The SMILES string of the molecule is CC(C)OC(=O)/C=C/[C@@H]1COC(=O)O1. The van der Waals surface area contributed by atoms with Gasteiger partial charge >= 0.3 is 12.1 Å². The van der Waals surface area contributed by atoms with E-state index < -0.39 is 18.2 Å². The highest BCUT2D eigenvalue weighted by Gasteiger charge is 2.22. The molecule has 78 valence electrons. The van der Waals surface area contributed by atoms with Crippen molar-refractivity contribution in [3.05, 3.63) is 12.2 Å². The van der Waals surface area contributed by atoms with Crippen LogP contribution >= 0.6 is 0 Å². The molecule has 1 saturated heterocycles. The number of ether oxygens (including phenoxy) is 3. The van der Waals surface area contributed by atoms with Crippen LogP contribution in [0.25, 0.3) is 0 Å². The number of carbonyl (C=O) groups is 2. The molecule has 14 heavy (non-hydrogen) atoms. The zero-order valence-corrected chi connectivity index (χ0v) is 8.06. The van der Waals surface area contributed by atoms with Crippen molar-refractivity contribution < 1.29 is 23.8 Å². The molecule has 0 bridgehead atoms. The van der Waals surface area contributed by atoms with Crippen molar-refractivity contribution in [2.45, 2.75) is 26.1 Å². The van der Waals surface area contributed by atoms with E-state index in [0.717, 1.165) is 0 Å². The monoisotopic (exact) mass is 200 g/mol. The zero-order chi connectivity index (χ0) is 10.6. The highest BCUT2D eigenvalue weighted by atomic mass is 16.8. The van der Waals surface area contributed by atoms with E-state index in [2.05, 4.69) is 9.47 Å². The molecule has 0 amide bonds. The fourth-order valence-corrected chi connectivity index (χ4v) is 0.894. The van der Waals surface area contributed by atoms with Crippen molar-refractivity contribution in [3.8, 4) is 0 Å². The van der Waals surface area contributed by atoms with E-state index >= 15 is 0 Å². The Labute approximate surface area is 81.6 Å². The standard InChI is InChI=1S/C9H12O5/c1-6(2)13-8(10)4-3-7-5-12-9(11)14-7/h3-4,6-7H,5H2,1-2H3/b4-3+/t7-/m1/s1. The Kier molecular flexibility index (Phi) is 3.50. The molecule has 0 aromatic heterocycles. The lowest BCUT2D eigenvalue weighted by atomic mass is 10.3. The Morgan fingerprint density at radius 1 is 1.64 bits per heavy atom. The van der Waals surface area contributed by atoms with Crippen LogP contribution in [0, 0.1) is 0 Å². The van der Waals surface area contributed by atoms with Gasteiger partial charge in [-0.3, -0.25) is 0 Å². The van der Waals surface area contributed by atoms with Gasteiger partial charge in [0.2, 0.25) is 0 Å². The smallest absolute Gasteiger partial charge is 0.460 e. The van der Waals surface area contributed by atoms with Gasteiger partial charge < -0.3 is 14.2 Å². The summed E-state index contributed by atoms with van der Waals surface area (Å²) in [6.45, 7) is 3.65. The Balaban J connectivity index is 2.32. The van der Waals surface area contributed by atoms with Gasteiger partial charge in [-0.2, -0.15) is 0 Å². The van der Waals surface area contributed by atoms with Crippen molar-refractivity contribution in [3.63, 3.8) is 0 Å². The van der Waals surface area contributed by atoms with Gasteiger partial charge in [-0.25, -0.2) is 9.59 Å². The molecule has 0 unspecified atom stereocenters. The van der Waals surface area contributed by atoms with E-state index in [4.69, 9.17) is 4.74 Å². The molecule has 0 aromatic carbocycles. The summed E-state index contributed by atoms with van der Waals surface area (Å²) in [7, 11) is 0. The molecule has 5 nitrogen and oxygen atoms in total. The first-order chi connectivity index (χ1) is 6.58. The van der Waals surface area contributed by atoms with Gasteiger partial charge in [0, 0.05) is 6.08 Å². The third-order valence-corrected chi connectivity index (χ3v) is 1.41. The largest absolute Gasteiger partial charge is 0.509 e. The first-order valence-corrected chi connectivity index (χ1v) is 4.30. The van der Waals surface area contributed by atoms with Crippen LogP contribution in [-0.2, 0) is 19.0 Å². The maximum Gasteiger partial charge on any atom is 0.509 e. The molecule has 0 saturated carbocycles. The average molecular weight is 200 g/mol. The van der Waals surface area contributed by atoms with Crippen LogP contribution in [0.5, 0.6) is 0 Å².